The van der Waals surface area contributed by atoms with E-state index in [2.05, 4.69) is 4.72 Å². The van der Waals surface area contributed by atoms with E-state index in [1.54, 1.807) is 0 Å². The van der Waals surface area contributed by atoms with Crippen LogP contribution in [0, 0.1) is 11.8 Å². The summed E-state index contributed by atoms with van der Waals surface area (Å²) in [5.41, 5.74) is 0.742. The summed E-state index contributed by atoms with van der Waals surface area (Å²) in [7, 11) is -3.74. The second-order valence-electron chi connectivity index (χ2n) is 6.62. The van der Waals surface area contributed by atoms with Crippen molar-refractivity contribution in [2.75, 3.05) is 0 Å². The van der Waals surface area contributed by atoms with E-state index >= 15 is 0 Å². The van der Waals surface area contributed by atoms with Gasteiger partial charge in [0.2, 0.25) is 10.0 Å². The van der Waals surface area contributed by atoms with Crippen molar-refractivity contribution < 1.29 is 12.8 Å². The third-order valence-corrected chi connectivity index (χ3v) is 7.20. The molecule has 0 unspecified atom stereocenters. The van der Waals surface area contributed by atoms with Crippen LogP contribution in [0.1, 0.15) is 32.6 Å². The van der Waals surface area contributed by atoms with Crippen molar-refractivity contribution in [3.63, 3.8) is 0 Å². The lowest BCUT2D eigenvalue weighted by molar-refractivity contribution is 0.480. The molecule has 2 atom stereocenters. The predicted octanol–water partition coefficient (Wildman–Crippen LogP) is 2.73. The predicted molar refractivity (Wildman–Crippen MR) is 90.7 cm³/mol. The van der Waals surface area contributed by atoms with Gasteiger partial charge in [0.25, 0.3) is 0 Å². The van der Waals surface area contributed by atoms with Gasteiger partial charge in [-0.15, -0.1) is 0 Å². The first-order chi connectivity index (χ1) is 11.4. The number of hydrogen-bond donors (Lipinski definition) is 1. The molecule has 1 aromatic carbocycles. The maximum absolute atomic E-state index is 12.7. The highest BCUT2D eigenvalue weighted by Gasteiger charge is 2.52. The van der Waals surface area contributed by atoms with E-state index in [9.17, 15) is 13.2 Å². The fourth-order valence-electron chi connectivity index (χ4n) is 3.98. The molecule has 0 saturated heterocycles. The molecule has 8 heteroatoms. The number of nitrogens with zero attached hydrogens (tertiary/aromatic N) is 1. The summed E-state index contributed by atoms with van der Waals surface area (Å²) >= 11 is 6.21. The molecular formula is C16H19ClN2O4S. The second kappa shape index (κ2) is 5.61. The van der Waals surface area contributed by atoms with E-state index in [0.29, 0.717) is 23.9 Å². The first kappa shape index (κ1) is 16.2. The maximum Gasteiger partial charge on any atom is 0.419 e. The van der Waals surface area contributed by atoms with E-state index < -0.39 is 15.8 Å². The van der Waals surface area contributed by atoms with Gasteiger partial charge in [0.05, 0.1) is 10.5 Å². The molecule has 130 valence electrons. The number of aryl methyl sites for hydroxylation is 1. The first-order valence-corrected chi connectivity index (χ1v) is 10.1. The molecule has 2 aliphatic carbocycles. The van der Waals surface area contributed by atoms with Crippen molar-refractivity contribution in [2.45, 2.75) is 50.1 Å². The monoisotopic (exact) mass is 370 g/mol. The Morgan fingerprint density at radius 3 is 2.58 bits per heavy atom. The third kappa shape index (κ3) is 2.50. The minimum atomic E-state index is -3.74. The average Bonchev–Trinajstić information content (AvgIpc) is 3.12. The highest BCUT2D eigenvalue weighted by Crippen LogP contribution is 2.50. The molecule has 0 bridgehead atoms. The molecule has 0 radical (unpaired) electrons. The van der Waals surface area contributed by atoms with Crippen LogP contribution in [0.25, 0.3) is 11.1 Å². The highest BCUT2D eigenvalue weighted by atomic mass is 35.5. The topological polar surface area (TPSA) is 81.3 Å². The quantitative estimate of drug-likeness (QED) is 0.897. The van der Waals surface area contributed by atoms with Gasteiger partial charge >= 0.3 is 5.76 Å². The lowest BCUT2D eigenvalue weighted by Gasteiger charge is -2.08. The van der Waals surface area contributed by atoms with Crippen LogP contribution in [-0.2, 0) is 16.6 Å². The number of nitrogens with one attached hydrogen (secondary N) is 1. The zero-order valence-corrected chi connectivity index (χ0v) is 14.9. The fraction of sp³-hybridized carbons (Fsp3) is 0.562. The average molecular weight is 371 g/mol. The molecule has 6 nitrogen and oxygen atoms in total. The zero-order valence-electron chi connectivity index (χ0n) is 13.3. The SMILES string of the molecule is CCn1c(=O)oc2cc(S(=O)(=O)NC3[C@H]4CCCC[C@H]34)c(Cl)cc21. The number of aromatic nitrogens is 1. The zero-order chi connectivity index (χ0) is 17.1. The summed E-state index contributed by atoms with van der Waals surface area (Å²) in [6, 6.07) is 2.84. The van der Waals surface area contributed by atoms with Crippen LogP contribution in [0.5, 0.6) is 0 Å². The van der Waals surface area contributed by atoms with E-state index in [1.165, 1.54) is 29.5 Å². The van der Waals surface area contributed by atoms with Gasteiger partial charge in [0.1, 0.15) is 4.90 Å². The second-order valence-corrected chi connectivity index (χ2v) is 8.71. The molecule has 2 aliphatic rings. The van der Waals surface area contributed by atoms with E-state index in [1.807, 2.05) is 6.92 Å². The molecule has 24 heavy (non-hydrogen) atoms. The standard InChI is InChI=1S/C16H19ClN2O4S/c1-2-19-12-7-11(17)14(8-13(12)23-16(19)20)24(21,22)18-15-9-5-3-4-6-10(9)15/h7-10,15,18H,2-6H2,1H3/t9-,10-/m0/s1. The van der Waals surface area contributed by atoms with Crippen LogP contribution < -0.4 is 10.5 Å². The summed E-state index contributed by atoms with van der Waals surface area (Å²) in [5, 5.41) is 0.0987. The Kier molecular flexibility index (Phi) is 3.78. The molecule has 0 aliphatic heterocycles. The number of halogens is 1. The van der Waals surface area contributed by atoms with Crippen LogP contribution in [0.15, 0.2) is 26.2 Å². The largest absolute Gasteiger partial charge is 0.419 e. The summed E-state index contributed by atoms with van der Waals surface area (Å²) < 4.78 is 34.8. The molecule has 2 aromatic rings. The van der Waals surface area contributed by atoms with Gasteiger partial charge in [-0.25, -0.2) is 17.9 Å². The highest BCUT2D eigenvalue weighted by molar-refractivity contribution is 7.89. The Bertz CT molecular complexity index is 950. The smallest absolute Gasteiger partial charge is 0.408 e. The molecule has 2 saturated carbocycles. The van der Waals surface area contributed by atoms with Crippen molar-refractivity contribution in [3.05, 3.63) is 27.7 Å². The lowest BCUT2D eigenvalue weighted by atomic mass is 10.0. The Labute approximate surface area is 144 Å². The number of oxazole rings is 1. The molecular weight excluding hydrogens is 352 g/mol. The molecule has 1 N–H and O–H groups in total. The Morgan fingerprint density at radius 1 is 1.29 bits per heavy atom. The van der Waals surface area contributed by atoms with Gasteiger partial charge in [-0.2, -0.15) is 0 Å². The molecule has 2 fully saturated rings. The van der Waals surface area contributed by atoms with E-state index in [-0.39, 0.29) is 21.5 Å². The lowest BCUT2D eigenvalue weighted by Crippen LogP contribution is -2.28. The van der Waals surface area contributed by atoms with E-state index in [4.69, 9.17) is 16.0 Å². The number of sulfonamides is 1. The van der Waals surface area contributed by atoms with E-state index in [0.717, 1.165) is 12.8 Å². The molecule has 1 aromatic heterocycles. The normalized spacial score (nSPS) is 26.5. The Morgan fingerprint density at radius 2 is 1.96 bits per heavy atom. The van der Waals surface area contributed by atoms with Gasteiger partial charge in [0, 0.05) is 18.7 Å². The van der Waals surface area contributed by atoms with Gasteiger partial charge in [-0.1, -0.05) is 24.4 Å². The molecule has 4 rings (SSSR count). The van der Waals surface area contributed by atoms with Crippen LogP contribution >= 0.6 is 11.6 Å². The van der Waals surface area contributed by atoms with Gasteiger partial charge in [-0.3, -0.25) is 4.57 Å². The van der Waals surface area contributed by atoms with Crippen molar-refractivity contribution in [3.8, 4) is 0 Å². The van der Waals surface area contributed by atoms with Crippen LogP contribution in [0.4, 0.5) is 0 Å². The number of fused-ring (bicyclic) bond motifs is 2. The van der Waals surface area contributed by atoms with Crippen LogP contribution in [0.3, 0.4) is 0 Å². The summed E-state index contributed by atoms with van der Waals surface area (Å²) in [4.78, 5) is 11.8. The van der Waals surface area contributed by atoms with Crippen molar-refractivity contribution >= 4 is 32.7 Å². The molecule has 1 heterocycles. The van der Waals surface area contributed by atoms with Crippen molar-refractivity contribution in [1.82, 2.24) is 9.29 Å². The Balaban J connectivity index is 1.70. The third-order valence-electron chi connectivity index (χ3n) is 5.28. The van der Waals surface area contributed by atoms with Crippen LogP contribution in [-0.4, -0.2) is 19.0 Å². The summed E-state index contributed by atoms with van der Waals surface area (Å²) in [5.74, 6) is 0.393. The maximum atomic E-state index is 12.7. The minimum Gasteiger partial charge on any atom is -0.408 e. The minimum absolute atomic E-state index is 0.0107. The van der Waals surface area contributed by atoms with Crippen LogP contribution in [0.2, 0.25) is 5.02 Å². The number of hydrogen-bond acceptors (Lipinski definition) is 4. The fourth-order valence-corrected chi connectivity index (χ4v) is 5.85. The summed E-state index contributed by atoms with van der Waals surface area (Å²) in [6.45, 7) is 2.24. The molecule has 0 spiro atoms. The van der Waals surface area contributed by atoms with Gasteiger partial charge in [-0.05, 0) is 37.7 Å². The van der Waals surface area contributed by atoms with Gasteiger partial charge in [0.15, 0.2) is 5.58 Å². The van der Waals surface area contributed by atoms with Gasteiger partial charge < -0.3 is 4.42 Å². The van der Waals surface area contributed by atoms with Crippen molar-refractivity contribution in [2.24, 2.45) is 11.8 Å². The van der Waals surface area contributed by atoms with Crippen molar-refractivity contribution in [1.29, 1.82) is 0 Å². The Hall–Kier alpha value is -1.31. The number of rotatable bonds is 4. The summed E-state index contributed by atoms with van der Waals surface area (Å²) in [6.07, 6.45) is 4.50. The number of benzene rings is 1. The first-order valence-electron chi connectivity index (χ1n) is 8.27. The molecule has 0 amide bonds.